The van der Waals surface area contributed by atoms with Crippen molar-refractivity contribution < 1.29 is 19.0 Å². The van der Waals surface area contributed by atoms with Gasteiger partial charge in [-0.25, -0.2) is 4.98 Å². The molecule has 0 atom stereocenters. The molecular formula is C17H22ClN3O4. The summed E-state index contributed by atoms with van der Waals surface area (Å²) >= 11 is 6.04. The number of nitrogens with zero attached hydrogens (tertiary/aromatic N) is 3. The molecule has 0 saturated carbocycles. The first-order chi connectivity index (χ1) is 12.0. The Labute approximate surface area is 152 Å². The normalized spacial score (nSPS) is 10.8. The summed E-state index contributed by atoms with van der Waals surface area (Å²) in [5.41, 5.74) is 0.945. The first kappa shape index (κ1) is 19.1. The van der Waals surface area contributed by atoms with Gasteiger partial charge in [0.15, 0.2) is 0 Å². The highest BCUT2D eigenvalue weighted by atomic mass is 35.5. The molecule has 2 rings (SSSR count). The van der Waals surface area contributed by atoms with E-state index in [1.807, 2.05) is 24.1 Å². The summed E-state index contributed by atoms with van der Waals surface area (Å²) in [6, 6.07) is 5.60. The second-order valence-electron chi connectivity index (χ2n) is 5.50. The second-order valence-corrected chi connectivity index (χ2v) is 5.89. The highest BCUT2D eigenvalue weighted by Crippen LogP contribution is 2.24. The predicted molar refractivity (Wildman–Crippen MR) is 93.9 cm³/mol. The number of carbonyl (C=O) groups is 1. The molecule has 25 heavy (non-hydrogen) atoms. The number of esters is 1. The maximum Gasteiger partial charge on any atom is 0.319 e. The molecule has 0 fully saturated rings. The Kier molecular flexibility index (Phi) is 6.66. The van der Waals surface area contributed by atoms with Crippen LogP contribution in [0.3, 0.4) is 0 Å². The summed E-state index contributed by atoms with van der Waals surface area (Å²) in [5, 5.41) is 0.538. The van der Waals surface area contributed by atoms with Crippen molar-refractivity contribution in [1.29, 1.82) is 0 Å². The number of hydrogen-bond donors (Lipinski definition) is 0. The molecule has 1 heterocycles. The minimum Gasteiger partial charge on any atom is -0.497 e. The molecule has 0 saturated heterocycles. The third-order valence-corrected chi connectivity index (χ3v) is 4.14. The van der Waals surface area contributed by atoms with E-state index in [0.29, 0.717) is 29.7 Å². The second kappa shape index (κ2) is 8.73. The number of rotatable bonds is 8. The lowest BCUT2D eigenvalue weighted by Gasteiger charge is -2.21. The zero-order valence-electron chi connectivity index (χ0n) is 14.8. The summed E-state index contributed by atoms with van der Waals surface area (Å²) < 4.78 is 17.2. The van der Waals surface area contributed by atoms with Crippen LogP contribution in [-0.2, 0) is 29.7 Å². The Morgan fingerprint density at radius 1 is 1.16 bits per heavy atom. The SMILES string of the molecule is COC(=O)CN(Cc1cc(OC)cc(OC)c1)Cc1ncc(Cl)n1C. The number of methoxy groups -OCH3 is 3. The molecule has 2 aromatic rings. The van der Waals surface area contributed by atoms with Crippen LogP contribution in [0.1, 0.15) is 11.4 Å². The Balaban J connectivity index is 2.23. The highest BCUT2D eigenvalue weighted by Gasteiger charge is 2.16. The largest absolute Gasteiger partial charge is 0.497 e. The van der Waals surface area contributed by atoms with Crippen LogP contribution in [-0.4, -0.2) is 48.3 Å². The highest BCUT2D eigenvalue weighted by molar-refractivity contribution is 6.29. The van der Waals surface area contributed by atoms with Gasteiger partial charge in [-0.05, 0) is 17.7 Å². The van der Waals surface area contributed by atoms with E-state index in [0.717, 1.165) is 11.4 Å². The number of imidazole rings is 1. The zero-order valence-corrected chi connectivity index (χ0v) is 15.5. The Morgan fingerprint density at radius 2 is 1.80 bits per heavy atom. The average Bonchev–Trinajstić information content (AvgIpc) is 2.93. The van der Waals surface area contributed by atoms with Gasteiger partial charge in [-0.1, -0.05) is 11.6 Å². The number of benzene rings is 1. The lowest BCUT2D eigenvalue weighted by Crippen LogP contribution is -2.30. The smallest absolute Gasteiger partial charge is 0.319 e. The summed E-state index contributed by atoms with van der Waals surface area (Å²) in [6.07, 6.45) is 1.59. The van der Waals surface area contributed by atoms with Crippen molar-refractivity contribution in [3.63, 3.8) is 0 Å². The first-order valence-electron chi connectivity index (χ1n) is 7.64. The number of hydrogen-bond acceptors (Lipinski definition) is 6. The quantitative estimate of drug-likeness (QED) is 0.667. The summed E-state index contributed by atoms with van der Waals surface area (Å²) in [6.45, 7) is 1.06. The van der Waals surface area contributed by atoms with Gasteiger partial charge in [-0.2, -0.15) is 0 Å². The first-order valence-corrected chi connectivity index (χ1v) is 8.01. The van der Waals surface area contributed by atoms with E-state index >= 15 is 0 Å². The van der Waals surface area contributed by atoms with Crippen molar-refractivity contribution >= 4 is 17.6 Å². The third kappa shape index (κ3) is 5.11. The van der Waals surface area contributed by atoms with Crippen molar-refractivity contribution in [2.45, 2.75) is 13.1 Å². The summed E-state index contributed by atoms with van der Waals surface area (Å²) in [4.78, 5) is 18.0. The number of carbonyl (C=O) groups excluding carboxylic acids is 1. The van der Waals surface area contributed by atoms with Gasteiger partial charge < -0.3 is 18.8 Å². The van der Waals surface area contributed by atoms with E-state index in [4.69, 9.17) is 25.8 Å². The summed E-state index contributed by atoms with van der Waals surface area (Å²) in [5.74, 6) is 1.80. The van der Waals surface area contributed by atoms with Crippen LogP contribution in [0.25, 0.3) is 0 Å². The van der Waals surface area contributed by atoms with Crippen molar-refractivity contribution in [3.05, 3.63) is 40.9 Å². The fraction of sp³-hybridized carbons (Fsp3) is 0.412. The van der Waals surface area contributed by atoms with Crippen LogP contribution in [0.15, 0.2) is 24.4 Å². The van der Waals surface area contributed by atoms with E-state index in [9.17, 15) is 4.79 Å². The van der Waals surface area contributed by atoms with E-state index in [1.165, 1.54) is 7.11 Å². The van der Waals surface area contributed by atoms with Crippen molar-refractivity contribution in [3.8, 4) is 11.5 Å². The lowest BCUT2D eigenvalue weighted by molar-refractivity contribution is -0.142. The minimum absolute atomic E-state index is 0.126. The van der Waals surface area contributed by atoms with Gasteiger partial charge in [0.1, 0.15) is 22.5 Å². The zero-order chi connectivity index (χ0) is 18.4. The van der Waals surface area contributed by atoms with Crippen LogP contribution < -0.4 is 9.47 Å². The van der Waals surface area contributed by atoms with E-state index in [1.54, 1.807) is 31.0 Å². The van der Waals surface area contributed by atoms with Gasteiger partial charge in [-0.15, -0.1) is 0 Å². The van der Waals surface area contributed by atoms with Gasteiger partial charge in [0.05, 0.1) is 40.6 Å². The molecule has 8 heteroatoms. The minimum atomic E-state index is -0.324. The Hall–Kier alpha value is -2.25. The monoisotopic (exact) mass is 367 g/mol. The molecule has 0 N–H and O–H groups in total. The predicted octanol–water partition coefficient (Wildman–Crippen LogP) is 2.27. The molecule has 0 unspecified atom stereocenters. The molecule has 7 nitrogen and oxygen atoms in total. The van der Waals surface area contributed by atoms with Gasteiger partial charge >= 0.3 is 5.97 Å². The fourth-order valence-corrected chi connectivity index (χ4v) is 2.55. The van der Waals surface area contributed by atoms with E-state index in [2.05, 4.69) is 4.98 Å². The van der Waals surface area contributed by atoms with Crippen LogP contribution in [0.4, 0.5) is 0 Å². The molecule has 0 aliphatic heterocycles. The standard InChI is InChI=1S/C17H22ClN3O4/c1-20-15(18)8-19-16(20)10-21(11-17(22)25-4)9-12-5-13(23-2)7-14(6-12)24-3/h5-8H,9-11H2,1-4H3. The average molecular weight is 368 g/mol. The molecule has 0 radical (unpaired) electrons. The van der Waals surface area contributed by atoms with Crippen LogP contribution >= 0.6 is 11.6 Å². The van der Waals surface area contributed by atoms with Crippen LogP contribution in [0, 0.1) is 0 Å². The Morgan fingerprint density at radius 3 is 2.28 bits per heavy atom. The molecule has 0 spiro atoms. The molecule has 1 aromatic heterocycles. The van der Waals surface area contributed by atoms with Crippen LogP contribution in [0.2, 0.25) is 5.15 Å². The topological polar surface area (TPSA) is 65.8 Å². The van der Waals surface area contributed by atoms with Crippen molar-refractivity contribution in [2.75, 3.05) is 27.9 Å². The van der Waals surface area contributed by atoms with Gasteiger partial charge in [-0.3, -0.25) is 9.69 Å². The molecule has 0 bridgehead atoms. The van der Waals surface area contributed by atoms with Crippen LogP contribution in [0.5, 0.6) is 11.5 Å². The molecule has 0 amide bonds. The number of aromatic nitrogens is 2. The number of halogens is 1. The lowest BCUT2D eigenvalue weighted by atomic mass is 10.2. The van der Waals surface area contributed by atoms with Gasteiger partial charge in [0.25, 0.3) is 0 Å². The maximum atomic E-state index is 11.8. The van der Waals surface area contributed by atoms with Crippen molar-refractivity contribution in [1.82, 2.24) is 14.5 Å². The van der Waals surface area contributed by atoms with E-state index < -0.39 is 0 Å². The van der Waals surface area contributed by atoms with Gasteiger partial charge in [0, 0.05) is 19.7 Å². The van der Waals surface area contributed by atoms with Gasteiger partial charge in [0.2, 0.25) is 0 Å². The fourth-order valence-electron chi connectivity index (χ4n) is 2.40. The Bertz CT molecular complexity index is 710. The molecular weight excluding hydrogens is 346 g/mol. The third-order valence-electron chi connectivity index (χ3n) is 3.79. The summed E-state index contributed by atoms with van der Waals surface area (Å²) in [7, 11) is 6.39. The molecule has 136 valence electrons. The number of ether oxygens (including phenoxy) is 3. The molecule has 1 aromatic carbocycles. The maximum absolute atomic E-state index is 11.8. The molecule has 0 aliphatic carbocycles. The molecule has 0 aliphatic rings. The van der Waals surface area contributed by atoms with E-state index in [-0.39, 0.29) is 12.5 Å². The van der Waals surface area contributed by atoms with Crippen molar-refractivity contribution in [2.24, 2.45) is 7.05 Å².